The number of carbonyl (C=O) groups excluding carboxylic acids is 1. The maximum Gasteiger partial charge on any atom is 0.350 e. The molecule has 1 unspecified atom stereocenters. The molecule has 2 heterocycles. The van der Waals surface area contributed by atoms with Crippen molar-refractivity contribution in [3.63, 3.8) is 0 Å². The summed E-state index contributed by atoms with van der Waals surface area (Å²) in [5.41, 5.74) is 0.749. The number of ether oxygens (including phenoxy) is 1. The number of amides is 1. The molecule has 180 valence electrons. The first-order chi connectivity index (χ1) is 15.9. The maximum atomic E-state index is 15.0. The predicted molar refractivity (Wildman–Crippen MR) is 112 cm³/mol. The molecule has 2 fully saturated rings. The van der Waals surface area contributed by atoms with Crippen LogP contribution in [0.5, 0.6) is 5.75 Å². The fourth-order valence-electron chi connectivity index (χ4n) is 4.64. The number of nitrogens with zero attached hydrogens (tertiary/aromatic N) is 3. The van der Waals surface area contributed by atoms with Crippen molar-refractivity contribution >= 4 is 5.91 Å². The topological polar surface area (TPSA) is 109 Å². The van der Waals surface area contributed by atoms with Crippen molar-refractivity contribution in [3.05, 3.63) is 41.5 Å². The molecule has 1 amide bonds. The molecule has 2 atom stereocenters. The van der Waals surface area contributed by atoms with Crippen LogP contribution in [0, 0.1) is 5.92 Å². The van der Waals surface area contributed by atoms with Gasteiger partial charge in [-0.05, 0) is 49.3 Å². The monoisotopic (exact) mass is 465 g/mol. The highest BCUT2D eigenvalue weighted by atomic mass is 19.3. The zero-order chi connectivity index (χ0) is 23.4. The molecule has 0 radical (unpaired) electrons. The highest BCUT2D eigenvalue weighted by Crippen LogP contribution is 2.39. The van der Waals surface area contributed by atoms with Crippen molar-refractivity contribution in [2.75, 3.05) is 6.54 Å². The molecular weight excluding hydrogens is 436 g/mol. The number of aromatic nitrogens is 2. The van der Waals surface area contributed by atoms with E-state index >= 15 is 0 Å². The lowest BCUT2D eigenvalue weighted by molar-refractivity contribution is -0.183. The molecule has 1 saturated heterocycles. The van der Waals surface area contributed by atoms with E-state index in [-0.39, 0.29) is 31.5 Å². The minimum absolute atomic E-state index is 0.0251. The van der Waals surface area contributed by atoms with Crippen molar-refractivity contribution < 1.29 is 33.0 Å². The Hall–Kier alpha value is -2.59. The van der Waals surface area contributed by atoms with Crippen LogP contribution in [-0.2, 0) is 18.0 Å². The van der Waals surface area contributed by atoms with Crippen molar-refractivity contribution in [3.8, 4) is 5.75 Å². The zero-order valence-electron chi connectivity index (χ0n) is 18.3. The maximum absolute atomic E-state index is 15.0. The second-order valence-corrected chi connectivity index (χ2v) is 8.76. The number of likely N-dealkylation sites (tertiary alicyclic amines) is 1. The first kappa shape index (κ1) is 23.6. The van der Waals surface area contributed by atoms with Gasteiger partial charge >= 0.3 is 5.92 Å². The van der Waals surface area contributed by atoms with Crippen LogP contribution in [-0.4, -0.2) is 49.7 Å². The molecule has 10 heteroatoms. The third-order valence-electron chi connectivity index (χ3n) is 6.52. The molecule has 1 aliphatic carbocycles. The number of benzene rings is 1. The molecule has 1 aliphatic heterocycles. The van der Waals surface area contributed by atoms with Gasteiger partial charge in [0.15, 0.2) is 12.4 Å². The fraction of sp³-hybridized carbons (Fsp3) is 0.609. The molecule has 8 nitrogen and oxygen atoms in total. The van der Waals surface area contributed by atoms with Crippen LogP contribution in [0.25, 0.3) is 0 Å². The van der Waals surface area contributed by atoms with Crippen molar-refractivity contribution in [1.29, 1.82) is 0 Å². The zero-order valence-corrected chi connectivity index (χ0v) is 18.3. The van der Waals surface area contributed by atoms with Crippen LogP contribution >= 0.6 is 0 Å². The fourth-order valence-corrected chi connectivity index (χ4v) is 4.64. The number of carbonyl (C=O) groups is 1. The van der Waals surface area contributed by atoms with Crippen molar-refractivity contribution in [2.24, 2.45) is 5.92 Å². The van der Waals surface area contributed by atoms with Gasteiger partial charge in [0, 0.05) is 6.54 Å². The van der Waals surface area contributed by atoms with Crippen LogP contribution in [0.4, 0.5) is 8.78 Å². The SMILES string of the molecule is O=C(N1CCC[C@H]1c1noc(COc2ccc(CO)cc2)n1)C(F)(F)C(O)C1CCCCC1. The molecule has 2 aromatic rings. The van der Waals surface area contributed by atoms with E-state index in [4.69, 9.17) is 14.4 Å². The number of alkyl halides is 2. The molecule has 1 saturated carbocycles. The Morgan fingerprint density at radius 1 is 1.18 bits per heavy atom. The smallest absolute Gasteiger partial charge is 0.350 e. The minimum atomic E-state index is -3.86. The van der Waals surface area contributed by atoms with E-state index in [1.54, 1.807) is 24.3 Å². The molecule has 4 rings (SSSR count). The molecule has 1 aromatic heterocycles. The van der Waals surface area contributed by atoms with Gasteiger partial charge in [0.25, 0.3) is 11.8 Å². The quantitative estimate of drug-likeness (QED) is 0.615. The van der Waals surface area contributed by atoms with Crippen molar-refractivity contribution in [1.82, 2.24) is 15.0 Å². The van der Waals surface area contributed by atoms with Crippen molar-refractivity contribution in [2.45, 2.75) is 76.2 Å². The summed E-state index contributed by atoms with van der Waals surface area (Å²) < 4.78 is 40.7. The number of aliphatic hydroxyl groups excluding tert-OH is 2. The lowest BCUT2D eigenvalue weighted by Gasteiger charge is -2.34. The summed E-state index contributed by atoms with van der Waals surface area (Å²) >= 11 is 0. The second kappa shape index (κ2) is 10.1. The van der Waals surface area contributed by atoms with E-state index < -0.39 is 29.9 Å². The van der Waals surface area contributed by atoms with Crippen LogP contribution in [0.2, 0.25) is 0 Å². The normalized spacial score (nSPS) is 20.7. The van der Waals surface area contributed by atoms with Gasteiger partial charge in [-0.15, -0.1) is 0 Å². The highest BCUT2D eigenvalue weighted by Gasteiger charge is 2.54. The highest BCUT2D eigenvalue weighted by molar-refractivity contribution is 5.84. The Morgan fingerprint density at radius 3 is 2.61 bits per heavy atom. The molecule has 1 aromatic carbocycles. The number of rotatable bonds is 8. The summed E-state index contributed by atoms with van der Waals surface area (Å²) in [5.74, 6) is -4.96. The summed E-state index contributed by atoms with van der Waals surface area (Å²) in [7, 11) is 0. The second-order valence-electron chi connectivity index (χ2n) is 8.76. The average molecular weight is 465 g/mol. The lowest BCUT2D eigenvalue weighted by Crippen LogP contribution is -2.52. The van der Waals surface area contributed by atoms with Gasteiger partial charge in [-0.3, -0.25) is 4.79 Å². The molecule has 0 bridgehead atoms. The van der Waals surface area contributed by atoms with Gasteiger partial charge in [0.05, 0.1) is 12.6 Å². The lowest BCUT2D eigenvalue weighted by atomic mass is 9.82. The van der Waals surface area contributed by atoms with E-state index in [2.05, 4.69) is 10.1 Å². The summed E-state index contributed by atoms with van der Waals surface area (Å²) in [5, 5.41) is 23.3. The van der Waals surface area contributed by atoms with Gasteiger partial charge in [0.2, 0.25) is 0 Å². The van der Waals surface area contributed by atoms with E-state index in [9.17, 15) is 18.7 Å². The summed E-state index contributed by atoms with van der Waals surface area (Å²) in [6.45, 7) is 0.0530. The standard InChI is InChI=1S/C23H29F2N3O5/c24-23(25,20(30)16-5-2-1-3-6-16)22(31)28-12-4-7-18(28)21-26-19(33-27-21)14-32-17-10-8-15(13-29)9-11-17/h8-11,16,18,20,29-30H,1-7,12-14H2/t18-,20?/m0/s1. The van der Waals surface area contributed by atoms with E-state index in [1.807, 2.05) is 0 Å². The number of hydrogen-bond acceptors (Lipinski definition) is 7. The number of hydrogen-bond donors (Lipinski definition) is 2. The Balaban J connectivity index is 1.40. The van der Waals surface area contributed by atoms with Crippen LogP contribution < -0.4 is 4.74 Å². The van der Waals surface area contributed by atoms with E-state index in [1.165, 1.54) is 0 Å². The Labute approximate surface area is 190 Å². The third-order valence-corrected chi connectivity index (χ3v) is 6.52. The predicted octanol–water partition coefficient (Wildman–Crippen LogP) is 3.38. The van der Waals surface area contributed by atoms with E-state index in [0.29, 0.717) is 31.4 Å². The van der Waals surface area contributed by atoms with Crippen LogP contribution in [0.15, 0.2) is 28.8 Å². The summed E-state index contributed by atoms with van der Waals surface area (Å²) in [6, 6.07) is 6.10. The molecule has 33 heavy (non-hydrogen) atoms. The van der Waals surface area contributed by atoms with Gasteiger partial charge in [-0.2, -0.15) is 13.8 Å². The van der Waals surface area contributed by atoms with Gasteiger partial charge in [-0.1, -0.05) is 36.6 Å². The molecule has 0 spiro atoms. The number of halogens is 2. The average Bonchev–Trinajstić information content (AvgIpc) is 3.52. The number of aliphatic hydroxyl groups is 2. The van der Waals surface area contributed by atoms with E-state index in [0.717, 1.165) is 29.7 Å². The molecule has 2 N–H and O–H groups in total. The van der Waals surface area contributed by atoms with Crippen LogP contribution in [0.3, 0.4) is 0 Å². The first-order valence-corrected chi connectivity index (χ1v) is 11.4. The minimum Gasteiger partial charge on any atom is -0.484 e. The van der Waals surface area contributed by atoms with Gasteiger partial charge in [0.1, 0.15) is 11.9 Å². The van der Waals surface area contributed by atoms with Gasteiger partial charge < -0.3 is 24.4 Å². The first-order valence-electron chi connectivity index (χ1n) is 11.4. The molecule has 2 aliphatic rings. The third kappa shape index (κ3) is 5.16. The Kier molecular flexibility index (Phi) is 7.23. The summed E-state index contributed by atoms with van der Waals surface area (Å²) in [4.78, 5) is 18.1. The largest absolute Gasteiger partial charge is 0.484 e. The summed E-state index contributed by atoms with van der Waals surface area (Å²) in [6.07, 6.45) is 2.53. The Morgan fingerprint density at radius 2 is 1.91 bits per heavy atom. The van der Waals surface area contributed by atoms with Crippen LogP contribution in [0.1, 0.15) is 68.3 Å². The molecular formula is C23H29F2N3O5. The van der Waals surface area contributed by atoms with Gasteiger partial charge in [-0.25, -0.2) is 0 Å². The Bertz CT molecular complexity index is 930.